The van der Waals surface area contributed by atoms with Crippen LogP contribution in [0.15, 0.2) is 47.6 Å². The molecule has 1 heterocycles. The fraction of sp³-hybridized carbons (Fsp3) is 0.400. The zero-order valence-corrected chi connectivity index (χ0v) is 16.3. The second-order valence-electron chi connectivity index (χ2n) is 7.33. The molecule has 0 bridgehead atoms. The van der Waals surface area contributed by atoms with Crippen LogP contribution in [0, 0.1) is 6.92 Å². The minimum absolute atomic E-state index is 0.0889. The number of pyridine rings is 1. The Hall–Kier alpha value is -2.25. The van der Waals surface area contributed by atoms with Crippen molar-refractivity contribution in [3.8, 4) is 0 Å². The molecule has 1 aliphatic carbocycles. The summed E-state index contributed by atoms with van der Waals surface area (Å²) in [6, 6.07) is 8.58. The predicted molar refractivity (Wildman–Crippen MR) is 105 cm³/mol. The average Bonchev–Trinajstić information content (AvgIpc) is 2.64. The summed E-state index contributed by atoms with van der Waals surface area (Å²) in [5, 5.41) is 8.26. The van der Waals surface area contributed by atoms with E-state index in [-0.39, 0.29) is 16.2 Å². The highest BCUT2D eigenvalue weighted by molar-refractivity contribution is 7.89. The van der Waals surface area contributed by atoms with Crippen molar-refractivity contribution in [3.05, 3.63) is 53.9 Å². The Morgan fingerprint density at radius 3 is 2.63 bits per heavy atom. The molecule has 1 amide bonds. The summed E-state index contributed by atoms with van der Waals surface area (Å²) in [5.74, 6) is -0.0889. The monoisotopic (exact) mass is 387 g/mol. The van der Waals surface area contributed by atoms with Crippen molar-refractivity contribution >= 4 is 21.6 Å². The van der Waals surface area contributed by atoms with Crippen molar-refractivity contribution in [2.75, 3.05) is 5.32 Å². The molecule has 1 aromatic heterocycles. The molecule has 2 aromatic rings. The molecule has 6 nitrogen and oxygen atoms in total. The van der Waals surface area contributed by atoms with Gasteiger partial charge in [0.05, 0.1) is 16.8 Å². The molecule has 144 valence electrons. The van der Waals surface area contributed by atoms with Crippen LogP contribution < -0.4 is 10.5 Å². The van der Waals surface area contributed by atoms with E-state index in [1.165, 1.54) is 6.07 Å². The van der Waals surface area contributed by atoms with Crippen LogP contribution in [0.5, 0.6) is 0 Å². The molecule has 3 N–H and O–H groups in total. The molecule has 1 aromatic carbocycles. The first-order valence-corrected chi connectivity index (χ1v) is 10.7. The Balaban J connectivity index is 1.89. The summed E-state index contributed by atoms with van der Waals surface area (Å²) in [4.78, 5) is 17.0. The lowest BCUT2D eigenvalue weighted by Gasteiger charge is -2.37. The Kier molecular flexibility index (Phi) is 5.62. The number of hydrogen-bond donors (Lipinski definition) is 2. The highest BCUT2D eigenvalue weighted by atomic mass is 32.2. The minimum atomic E-state index is -3.78. The zero-order valence-electron chi connectivity index (χ0n) is 15.4. The van der Waals surface area contributed by atoms with Gasteiger partial charge < -0.3 is 5.32 Å². The number of carbonyl (C=O) groups is 1. The van der Waals surface area contributed by atoms with E-state index in [1.807, 2.05) is 19.1 Å². The van der Waals surface area contributed by atoms with Gasteiger partial charge in [0.1, 0.15) is 0 Å². The maximum absolute atomic E-state index is 12.8. The Morgan fingerprint density at radius 1 is 1.22 bits per heavy atom. The molecule has 0 radical (unpaired) electrons. The number of primary sulfonamides is 1. The number of carbonyl (C=O) groups excluding carboxylic acids is 1. The van der Waals surface area contributed by atoms with Gasteiger partial charge in [0, 0.05) is 18.0 Å². The number of benzene rings is 1. The number of aryl methyl sites for hydroxylation is 1. The molecule has 0 atom stereocenters. The number of sulfonamides is 1. The Bertz CT molecular complexity index is 935. The van der Waals surface area contributed by atoms with Crippen LogP contribution >= 0.6 is 0 Å². The summed E-state index contributed by atoms with van der Waals surface area (Å²) in [5.41, 5.74) is 2.14. The van der Waals surface area contributed by atoms with Crippen molar-refractivity contribution in [1.29, 1.82) is 0 Å². The van der Waals surface area contributed by atoms with Crippen LogP contribution in [0.25, 0.3) is 0 Å². The van der Waals surface area contributed by atoms with Crippen molar-refractivity contribution in [2.24, 2.45) is 5.14 Å². The number of aromatic nitrogens is 1. The van der Waals surface area contributed by atoms with Gasteiger partial charge >= 0.3 is 0 Å². The largest absolute Gasteiger partial charge is 0.324 e. The van der Waals surface area contributed by atoms with Crippen molar-refractivity contribution in [3.63, 3.8) is 0 Å². The van der Waals surface area contributed by atoms with Gasteiger partial charge in [0.2, 0.25) is 15.9 Å². The van der Waals surface area contributed by atoms with E-state index >= 15 is 0 Å². The second kappa shape index (κ2) is 7.78. The summed E-state index contributed by atoms with van der Waals surface area (Å²) < 4.78 is 23.5. The number of nitrogens with one attached hydrogen (secondary N) is 1. The molecule has 1 fully saturated rings. The van der Waals surface area contributed by atoms with Crippen molar-refractivity contribution < 1.29 is 13.2 Å². The first-order chi connectivity index (χ1) is 12.8. The predicted octanol–water partition coefficient (Wildman–Crippen LogP) is 3.27. The van der Waals surface area contributed by atoms with E-state index in [0.29, 0.717) is 12.1 Å². The van der Waals surface area contributed by atoms with Gasteiger partial charge in [0.25, 0.3) is 0 Å². The highest BCUT2D eigenvalue weighted by Crippen LogP contribution is 2.43. The third-order valence-corrected chi connectivity index (χ3v) is 6.31. The fourth-order valence-corrected chi connectivity index (χ4v) is 4.46. The maximum Gasteiger partial charge on any atom is 0.238 e. The van der Waals surface area contributed by atoms with Crippen LogP contribution in [-0.2, 0) is 20.2 Å². The quantitative estimate of drug-likeness (QED) is 0.822. The molecule has 1 aliphatic rings. The lowest BCUT2D eigenvalue weighted by atomic mass is 9.67. The minimum Gasteiger partial charge on any atom is -0.324 e. The van der Waals surface area contributed by atoms with E-state index in [4.69, 9.17) is 5.14 Å². The lowest BCUT2D eigenvalue weighted by molar-refractivity contribution is -0.117. The molecule has 0 spiro atoms. The van der Waals surface area contributed by atoms with E-state index < -0.39 is 10.0 Å². The maximum atomic E-state index is 12.8. The molecule has 1 saturated carbocycles. The summed E-state index contributed by atoms with van der Waals surface area (Å²) in [7, 11) is -3.78. The Labute approximate surface area is 160 Å². The number of anilines is 1. The molecule has 0 saturated heterocycles. The van der Waals surface area contributed by atoms with Crippen LogP contribution in [0.3, 0.4) is 0 Å². The SMILES string of the molecule is Cc1ccncc1NC(=O)CC1(c2cccc(S(N)(=O)=O)c2)CCCCC1. The number of nitrogens with two attached hydrogens (primary N) is 1. The van der Waals surface area contributed by atoms with Crippen LogP contribution in [0.1, 0.15) is 49.7 Å². The first kappa shape index (κ1) is 19.5. The van der Waals surface area contributed by atoms with Crippen molar-refractivity contribution in [1.82, 2.24) is 4.98 Å². The number of hydrogen-bond acceptors (Lipinski definition) is 4. The zero-order chi connectivity index (χ0) is 19.5. The fourth-order valence-electron chi connectivity index (χ4n) is 3.90. The molecule has 7 heteroatoms. The molecular formula is C20H25N3O3S. The van der Waals surface area contributed by atoms with Gasteiger partial charge in [-0.1, -0.05) is 31.4 Å². The first-order valence-electron chi connectivity index (χ1n) is 9.14. The summed E-state index contributed by atoms with van der Waals surface area (Å²) in [6.45, 7) is 1.92. The standard InChI is InChI=1S/C20H25N3O3S/c1-15-8-11-22-14-18(15)23-19(24)13-20(9-3-2-4-10-20)16-6-5-7-17(12-16)27(21,25)26/h5-8,11-12,14H,2-4,9-10,13H2,1H3,(H,23,24)(H2,21,25,26). The molecule has 27 heavy (non-hydrogen) atoms. The van der Waals surface area contributed by atoms with Gasteiger partial charge in [-0.2, -0.15) is 0 Å². The van der Waals surface area contributed by atoms with Gasteiger partial charge in [-0.05, 0) is 49.1 Å². The molecule has 3 rings (SSSR count). The van der Waals surface area contributed by atoms with Gasteiger partial charge in [-0.25, -0.2) is 13.6 Å². The average molecular weight is 388 g/mol. The van der Waals surface area contributed by atoms with E-state index in [2.05, 4.69) is 10.3 Å². The third kappa shape index (κ3) is 4.54. The van der Waals surface area contributed by atoms with Crippen LogP contribution in [-0.4, -0.2) is 19.3 Å². The summed E-state index contributed by atoms with van der Waals surface area (Å²) >= 11 is 0. The Morgan fingerprint density at radius 2 is 1.96 bits per heavy atom. The molecular weight excluding hydrogens is 362 g/mol. The molecule has 0 unspecified atom stereocenters. The van der Waals surface area contributed by atoms with Gasteiger partial charge in [0.15, 0.2) is 0 Å². The number of rotatable bonds is 5. The smallest absolute Gasteiger partial charge is 0.238 e. The second-order valence-corrected chi connectivity index (χ2v) is 8.89. The van der Waals surface area contributed by atoms with Crippen LogP contribution in [0.4, 0.5) is 5.69 Å². The highest BCUT2D eigenvalue weighted by Gasteiger charge is 2.36. The lowest BCUT2D eigenvalue weighted by Crippen LogP contribution is -2.34. The van der Waals surface area contributed by atoms with Gasteiger partial charge in [-0.3, -0.25) is 9.78 Å². The van der Waals surface area contributed by atoms with E-state index in [9.17, 15) is 13.2 Å². The van der Waals surface area contributed by atoms with E-state index in [1.54, 1.807) is 24.5 Å². The molecule has 0 aliphatic heterocycles. The normalized spacial score (nSPS) is 16.7. The van der Waals surface area contributed by atoms with Crippen molar-refractivity contribution in [2.45, 2.75) is 55.8 Å². The van der Waals surface area contributed by atoms with E-state index in [0.717, 1.165) is 43.2 Å². The van der Waals surface area contributed by atoms with Gasteiger partial charge in [-0.15, -0.1) is 0 Å². The third-order valence-electron chi connectivity index (χ3n) is 5.40. The number of nitrogens with zero attached hydrogens (tertiary/aromatic N) is 1. The number of amides is 1. The van der Waals surface area contributed by atoms with Crippen LogP contribution in [0.2, 0.25) is 0 Å². The topological polar surface area (TPSA) is 102 Å². The summed E-state index contributed by atoms with van der Waals surface area (Å²) in [6.07, 6.45) is 8.47.